The number of hydrogen-bond acceptors (Lipinski definition) is 5. The molecule has 0 fully saturated rings. The van der Waals surface area contributed by atoms with Crippen LogP contribution in [0.3, 0.4) is 0 Å². The third-order valence-corrected chi connectivity index (χ3v) is 4.37. The minimum Gasteiger partial charge on any atom is -0.490 e. The maximum absolute atomic E-state index is 11.8. The van der Waals surface area contributed by atoms with Crippen LogP contribution in [-0.4, -0.2) is 23.4 Å². The van der Waals surface area contributed by atoms with Crippen molar-refractivity contribution in [3.63, 3.8) is 0 Å². The van der Waals surface area contributed by atoms with Gasteiger partial charge in [-0.3, -0.25) is 4.79 Å². The number of hydrogen-bond donors (Lipinski definition) is 2. The molecule has 0 spiro atoms. The summed E-state index contributed by atoms with van der Waals surface area (Å²) in [6.45, 7) is 1.87. The number of benzene rings is 2. The summed E-state index contributed by atoms with van der Waals surface area (Å²) in [4.78, 5) is 11.8. The van der Waals surface area contributed by atoms with Gasteiger partial charge in [0.25, 0.3) is 5.56 Å². The average Bonchev–Trinajstić information content (AvgIpc) is 2.89. The van der Waals surface area contributed by atoms with Gasteiger partial charge in [0.1, 0.15) is 0 Å². The number of aromatic nitrogens is 2. The van der Waals surface area contributed by atoms with Crippen LogP contribution in [0.1, 0.15) is 12.0 Å². The summed E-state index contributed by atoms with van der Waals surface area (Å²) in [6, 6.07) is 11.3. The highest BCUT2D eigenvalue weighted by atomic mass is 35.5. The molecule has 0 amide bonds. The van der Waals surface area contributed by atoms with Gasteiger partial charge in [0, 0.05) is 29.6 Å². The van der Waals surface area contributed by atoms with Crippen molar-refractivity contribution >= 4 is 28.1 Å². The molecule has 0 saturated carbocycles. The predicted octanol–water partition coefficient (Wildman–Crippen LogP) is 3.35. The Morgan fingerprint density at radius 3 is 2.96 bits per heavy atom. The minimum atomic E-state index is -0.259. The van der Waals surface area contributed by atoms with Gasteiger partial charge >= 0.3 is 0 Å². The highest BCUT2D eigenvalue weighted by Crippen LogP contribution is 2.33. The molecule has 1 aliphatic heterocycles. The first-order valence-corrected chi connectivity index (χ1v) is 8.39. The number of rotatable bonds is 3. The first kappa shape index (κ1) is 15.8. The first-order chi connectivity index (χ1) is 12.2. The number of fused-ring (bicyclic) bond motifs is 2. The van der Waals surface area contributed by atoms with Crippen molar-refractivity contribution in [3.05, 3.63) is 57.5 Å². The number of para-hydroxylation sites is 1. The number of nitrogens with zero attached hydrogens (tertiary/aromatic N) is 1. The Hall–Kier alpha value is -2.73. The highest BCUT2D eigenvalue weighted by Gasteiger charge is 2.14. The average molecular weight is 358 g/mol. The van der Waals surface area contributed by atoms with Gasteiger partial charge in [-0.05, 0) is 24.3 Å². The lowest BCUT2D eigenvalue weighted by Crippen LogP contribution is -2.09. The van der Waals surface area contributed by atoms with Crippen LogP contribution in [0.4, 0.5) is 5.69 Å². The van der Waals surface area contributed by atoms with Crippen LogP contribution >= 0.6 is 11.6 Å². The zero-order valence-electron chi connectivity index (χ0n) is 13.3. The molecule has 2 heterocycles. The quantitative estimate of drug-likeness (QED) is 0.751. The van der Waals surface area contributed by atoms with Crippen molar-refractivity contribution < 1.29 is 9.47 Å². The number of aromatic amines is 1. The van der Waals surface area contributed by atoms with Gasteiger partial charge in [0.15, 0.2) is 16.7 Å². The summed E-state index contributed by atoms with van der Waals surface area (Å²) in [7, 11) is 0. The number of ether oxygens (including phenoxy) is 2. The normalized spacial score (nSPS) is 13.5. The van der Waals surface area contributed by atoms with Crippen molar-refractivity contribution in [2.75, 3.05) is 18.5 Å². The largest absolute Gasteiger partial charge is 0.490 e. The fourth-order valence-electron chi connectivity index (χ4n) is 2.83. The van der Waals surface area contributed by atoms with E-state index in [0.717, 1.165) is 29.2 Å². The van der Waals surface area contributed by atoms with E-state index in [9.17, 15) is 4.79 Å². The second-order valence-electron chi connectivity index (χ2n) is 5.75. The van der Waals surface area contributed by atoms with E-state index in [1.165, 1.54) is 0 Å². The van der Waals surface area contributed by atoms with E-state index in [0.29, 0.717) is 30.5 Å². The molecule has 0 unspecified atom stereocenters. The van der Waals surface area contributed by atoms with E-state index >= 15 is 0 Å². The zero-order chi connectivity index (χ0) is 17.2. The summed E-state index contributed by atoms with van der Waals surface area (Å²) >= 11 is 6.09. The summed E-state index contributed by atoms with van der Waals surface area (Å²) in [5, 5.41) is 10.9. The summed E-state index contributed by atoms with van der Waals surface area (Å²) in [5.74, 6) is 1.55. The van der Waals surface area contributed by atoms with Gasteiger partial charge in [0.05, 0.1) is 18.6 Å². The van der Waals surface area contributed by atoms with Crippen molar-refractivity contribution in [2.24, 2.45) is 0 Å². The smallest absolute Gasteiger partial charge is 0.272 e. The Bertz CT molecular complexity index is 987. The van der Waals surface area contributed by atoms with Crippen LogP contribution in [0.25, 0.3) is 10.8 Å². The Kier molecular flexibility index (Phi) is 4.19. The van der Waals surface area contributed by atoms with Gasteiger partial charge in [-0.25, -0.2) is 5.10 Å². The zero-order valence-corrected chi connectivity index (χ0v) is 14.1. The van der Waals surface area contributed by atoms with Gasteiger partial charge in [0.2, 0.25) is 0 Å². The fraction of sp³-hybridized carbons (Fsp3) is 0.222. The lowest BCUT2D eigenvalue weighted by molar-refractivity contribution is 0.296. The molecule has 0 aliphatic carbocycles. The Balaban J connectivity index is 1.61. The van der Waals surface area contributed by atoms with E-state index in [4.69, 9.17) is 21.1 Å². The molecule has 0 radical (unpaired) electrons. The van der Waals surface area contributed by atoms with Crippen LogP contribution in [0.5, 0.6) is 11.5 Å². The molecule has 2 N–H and O–H groups in total. The summed E-state index contributed by atoms with van der Waals surface area (Å²) < 4.78 is 11.5. The Morgan fingerprint density at radius 2 is 2.04 bits per heavy atom. The number of H-pyrrole nitrogens is 1. The number of nitrogens with one attached hydrogen (secondary N) is 2. The molecule has 4 rings (SSSR count). The molecule has 6 nitrogen and oxygen atoms in total. The van der Waals surface area contributed by atoms with Gasteiger partial charge in [-0.2, -0.15) is 5.10 Å². The van der Waals surface area contributed by atoms with Crippen LogP contribution in [0.15, 0.2) is 41.2 Å². The SMILES string of the molecule is O=c1[nH]nc(Cl)c2cc(NCc3cccc4c3OCCCO4)ccc12. The Morgan fingerprint density at radius 1 is 1.16 bits per heavy atom. The lowest BCUT2D eigenvalue weighted by atomic mass is 10.1. The third kappa shape index (κ3) is 3.13. The molecule has 1 aromatic heterocycles. The second kappa shape index (κ2) is 6.64. The fourth-order valence-corrected chi connectivity index (χ4v) is 3.03. The number of halogens is 1. The molecular formula is C18H16ClN3O3. The second-order valence-corrected chi connectivity index (χ2v) is 6.11. The molecule has 2 aromatic carbocycles. The molecule has 128 valence electrons. The molecule has 3 aromatic rings. The summed E-state index contributed by atoms with van der Waals surface area (Å²) in [6.07, 6.45) is 0.867. The molecule has 1 aliphatic rings. The maximum Gasteiger partial charge on any atom is 0.272 e. The van der Waals surface area contributed by atoms with Crippen molar-refractivity contribution in [2.45, 2.75) is 13.0 Å². The van der Waals surface area contributed by atoms with Crippen LogP contribution in [0, 0.1) is 0 Å². The van der Waals surface area contributed by atoms with Crippen LogP contribution in [0.2, 0.25) is 5.15 Å². The lowest BCUT2D eigenvalue weighted by Gasteiger charge is -2.14. The van der Waals surface area contributed by atoms with Crippen molar-refractivity contribution in [1.29, 1.82) is 0 Å². The van der Waals surface area contributed by atoms with E-state index in [-0.39, 0.29) is 10.7 Å². The summed E-state index contributed by atoms with van der Waals surface area (Å²) in [5.41, 5.74) is 1.59. The third-order valence-electron chi connectivity index (χ3n) is 4.08. The van der Waals surface area contributed by atoms with Crippen molar-refractivity contribution in [1.82, 2.24) is 10.2 Å². The molecule has 25 heavy (non-hydrogen) atoms. The number of anilines is 1. The molecule has 7 heteroatoms. The molecule has 0 bridgehead atoms. The van der Waals surface area contributed by atoms with Gasteiger partial charge in [-0.15, -0.1) is 0 Å². The van der Waals surface area contributed by atoms with Crippen LogP contribution < -0.4 is 20.3 Å². The topological polar surface area (TPSA) is 76.2 Å². The van der Waals surface area contributed by atoms with Crippen LogP contribution in [-0.2, 0) is 6.54 Å². The minimum absolute atomic E-state index is 0.259. The van der Waals surface area contributed by atoms with Gasteiger partial charge < -0.3 is 14.8 Å². The molecule has 0 saturated heterocycles. The highest BCUT2D eigenvalue weighted by molar-refractivity contribution is 6.34. The molecule has 0 atom stereocenters. The van der Waals surface area contributed by atoms with E-state index in [2.05, 4.69) is 15.5 Å². The Labute approximate surface area is 148 Å². The van der Waals surface area contributed by atoms with Crippen molar-refractivity contribution in [3.8, 4) is 11.5 Å². The van der Waals surface area contributed by atoms with Gasteiger partial charge in [-0.1, -0.05) is 23.7 Å². The van der Waals surface area contributed by atoms with E-state index < -0.39 is 0 Å². The standard InChI is InChI=1S/C18H16ClN3O3/c19-17-14-9-12(5-6-13(14)18(23)22-21-17)20-10-11-3-1-4-15-16(11)25-8-2-7-24-15/h1,3-6,9,20H,2,7-8,10H2,(H,22,23). The first-order valence-electron chi connectivity index (χ1n) is 8.02. The van der Waals surface area contributed by atoms with E-state index in [1.807, 2.05) is 30.3 Å². The monoisotopic (exact) mass is 357 g/mol. The predicted molar refractivity (Wildman–Crippen MR) is 96.7 cm³/mol. The maximum atomic E-state index is 11.8. The van der Waals surface area contributed by atoms with E-state index in [1.54, 1.807) is 6.07 Å². The molecular weight excluding hydrogens is 342 g/mol.